The highest BCUT2D eigenvalue weighted by Gasteiger charge is 2.20. The summed E-state index contributed by atoms with van der Waals surface area (Å²) in [5, 5.41) is 11.2. The maximum atomic E-state index is 12.9. The summed E-state index contributed by atoms with van der Waals surface area (Å²) in [5.41, 5.74) is 0. The average Bonchev–Trinajstić information content (AvgIpc) is 2.99. The first kappa shape index (κ1) is 18.7. The molecule has 0 saturated carbocycles. The number of amides is 1. The Kier molecular flexibility index (Phi) is 6.99. The maximum Gasteiger partial charge on any atom is 0.267 e. The zero-order valence-corrected chi connectivity index (χ0v) is 15.4. The highest BCUT2D eigenvalue weighted by molar-refractivity contribution is 8.01. The van der Waals surface area contributed by atoms with Gasteiger partial charge in [-0.3, -0.25) is 10.1 Å². The molecule has 130 valence electrons. The molecule has 0 aliphatic carbocycles. The Balaban J connectivity index is 1.92. The lowest BCUT2D eigenvalue weighted by Gasteiger charge is -2.16. The van der Waals surface area contributed by atoms with Gasteiger partial charge in [0.05, 0.1) is 0 Å². The number of benzene rings is 1. The van der Waals surface area contributed by atoms with E-state index in [4.69, 9.17) is 4.74 Å². The Morgan fingerprint density at radius 1 is 1.33 bits per heavy atom. The SMILES string of the molecule is CCC(Oc1ccc(F)cc1)C(=O)Nc1nnc(SCC(C)C)s1. The van der Waals surface area contributed by atoms with Gasteiger partial charge in [0, 0.05) is 5.75 Å². The van der Waals surface area contributed by atoms with Crippen LogP contribution in [0.5, 0.6) is 5.75 Å². The molecule has 0 saturated heterocycles. The summed E-state index contributed by atoms with van der Waals surface area (Å²) in [4.78, 5) is 12.3. The van der Waals surface area contributed by atoms with Crippen LogP contribution in [0.3, 0.4) is 0 Å². The predicted molar refractivity (Wildman–Crippen MR) is 95.2 cm³/mol. The molecule has 0 radical (unpaired) electrons. The van der Waals surface area contributed by atoms with Crippen LogP contribution in [0.1, 0.15) is 27.2 Å². The molecule has 1 atom stereocenters. The van der Waals surface area contributed by atoms with E-state index >= 15 is 0 Å². The van der Waals surface area contributed by atoms with Gasteiger partial charge in [-0.05, 0) is 36.6 Å². The van der Waals surface area contributed by atoms with Gasteiger partial charge in [0.15, 0.2) is 10.4 Å². The van der Waals surface area contributed by atoms with Crippen LogP contribution in [0.25, 0.3) is 0 Å². The van der Waals surface area contributed by atoms with E-state index in [1.54, 1.807) is 11.8 Å². The lowest BCUT2D eigenvalue weighted by molar-refractivity contribution is -0.122. The molecule has 2 aromatic rings. The van der Waals surface area contributed by atoms with Gasteiger partial charge in [-0.25, -0.2) is 4.39 Å². The number of carbonyl (C=O) groups is 1. The molecule has 24 heavy (non-hydrogen) atoms. The number of ether oxygens (including phenoxy) is 1. The monoisotopic (exact) mass is 369 g/mol. The molecule has 0 spiro atoms. The van der Waals surface area contributed by atoms with Gasteiger partial charge in [0.25, 0.3) is 5.91 Å². The molecular weight excluding hydrogens is 349 g/mol. The number of nitrogens with one attached hydrogen (secondary N) is 1. The second-order valence-corrected chi connectivity index (χ2v) is 7.78. The van der Waals surface area contributed by atoms with Crippen molar-refractivity contribution < 1.29 is 13.9 Å². The standard InChI is InChI=1S/C16H20FN3O2S2/c1-4-13(22-12-7-5-11(17)6-8-12)14(21)18-15-19-20-16(24-15)23-9-10(2)3/h5-8,10,13H,4,9H2,1-3H3,(H,18,19,21). The number of rotatable bonds is 8. The molecular formula is C16H20FN3O2S2. The highest BCUT2D eigenvalue weighted by atomic mass is 32.2. The maximum absolute atomic E-state index is 12.9. The lowest BCUT2D eigenvalue weighted by atomic mass is 10.2. The Hall–Kier alpha value is -1.67. The third-order valence-electron chi connectivity index (χ3n) is 2.93. The van der Waals surface area contributed by atoms with E-state index in [0.29, 0.717) is 23.2 Å². The second-order valence-electron chi connectivity index (χ2n) is 5.54. The minimum Gasteiger partial charge on any atom is -0.481 e. The van der Waals surface area contributed by atoms with E-state index in [0.717, 1.165) is 10.1 Å². The summed E-state index contributed by atoms with van der Waals surface area (Å²) in [6.07, 6.45) is -0.192. The van der Waals surface area contributed by atoms with Crippen molar-refractivity contribution >= 4 is 34.1 Å². The van der Waals surface area contributed by atoms with Crippen LogP contribution < -0.4 is 10.1 Å². The number of hydrogen-bond donors (Lipinski definition) is 1. The van der Waals surface area contributed by atoms with Crippen LogP contribution in [-0.2, 0) is 4.79 Å². The van der Waals surface area contributed by atoms with Crippen LogP contribution in [0, 0.1) is 11.7 Å². The van der Waals surface area contributed by atoms with Gasteiger partial charge in [-0.2, -0.15) is 0 Å². The van der Waals surface area contributed by atoms with Crippen molar-refractivity contribution in [3.8, 4) is 5.75 Å². The summed E-state index contributed by atoms with van der Waals surface area (Å²) in [5.74, 6) is 1.32. The predicted octanol–water partition coefficient (Wildman–Crippen LogP) is 4.22. The molecule has 0 bridgehead atoms. The number of carbonyl (C=O) groups excluding carboxylic acids is 1. The number of thioether (sulfide) groups is 1. The molecule has 1 unspecified atom stereocenters. The number of halogens is 1. The zero-order valence-electron chi connectivity index (χ0n) is 13.8. The third kappa shape index (κ3) is 5.76. The fraction of sp³-hybridized carbons (Fsp3) is 0.438. The summed E-state index contributed by atoms with van der Waals surface area (Å²) in [6, 6.07) is 5.58. The number of nitrogens with zero attached hydrogens (tertiary/aromatic N) is 2. The van der Waals surface area contributed by atoms with E-state index in [1.807, 2.05) is 6.92 Å². The van der Waals surface area contributed by atoms with E-state index in [9.17, 15) is 9.18 Å². The lowest BCUT2D eigenvalue weighted by Crippen LogP contribution is -2.32. The fourth-order valence-electron chi connectivity index (χ4n) is 1.74. The van der Waals surface area contributed by atoms with Gasteiger partial charge < -0.3 is 4.74 Å². The Morgan fingerprint density at radius 2 is 2.04 bits per heavy atom. The molecule has 1 heterocycles. The van der Waals surface area contributed by atoms with Crippen molar-refractivity contribution in [3.63, 3.8) is 0 Å². The van der Waals surface area contributed by atoms with E-state index in [-0.39, 0.29) is 11.7 Å². The van der Waals surface area contributed by atoms with Crippen molar-refractivity contribution in [1.82, 2.24) is 10.2 Å². The average molecular weight is 369 g/mol. The molecule has 1 aromatic carbocycles. The molecule has 0 fully saturated rings. The summed E-state index contributed by atoms with van der Waals surface area (Å²) in [6.45, 7) is 6.11. The first-order chi connectivity index (χ1) is 11.5. The van der Waals surface area contributed by atoms with Crippen LogP contribution in [0.2, 0.25) is 0 Å². The van der Waals surface area contributed by atoms with Crippen molar-refractivity contribution in [3.05, 3.63) is 30.1 Å². The summed E-state index contributed by atoms with van der Waals surface area (Å²) in [7, 11) is 0. The van der Waals surface area contributed by atoms with Crippen molar-refractivity contribution in [2.75, 3.05) is 11.1 Å². The van der Waals surface area contributed by atoms with Gasteiger partial charge in [0.2, 0.25) is 5.13 Å². The van der Waals surface area contributed by atoms with Gasteiger partial charge >= 0.3 is 0 Å². The minimum atomic E-state index is -0.675. The molecule has 0 aliphatic heterocycles. The van der Waals surface area contributed by atoms with Gasteiger partial charge in [-0.1, -0.05) is 43.9 Å². The van der Waals surface area contributed by atoms with Crippen LogP contribution in [-0.4, -0.2) is 28.0 Å². The molecule has 8 heteroatoms. The summed E-state index contributed by atoms with van der Waals surface area (Å²) < 4.78 is 19.4. The Labute approximate surface area is 149 Å². The highest BCUT2D eigenvalue weighted by Crippen LogP contribution is 2.27. The van der Waals surface area contributed by atoms with Gasteiger partial charge in [-0.15, -0.1) is 10.2 Å². The molecule has 5 nitrogen and oxygen atoms in total. The normalized spacial score (nSPS) is 12.2. The number of aromatic nitrogens is 2. The number of anilines is 1. The molecule has 0 aliphatic rings. The van der Waals surface area contributed by atoms with Gasteiger partial charge in [0.1, 0.15) is 11.6 Å². The first-order valence-corrected chi connectivity index (χ1v) is 9.47. The largest absolute Gasteiger partial charge is 0.481 e. The van der Waals surface area contributed by atoms with E-state index in [2.05, 4.69) is 29.4 Å². The summed E-state index contributed by atoms with van der Waals surface area (Å²) >= 11 is 2.96. The van der Waals surface area contributed by atoms with Crippen LogP contribution in [0.4, 0.5) is 9.52 Å². The smallest absolute Gasteiger partial charge is 0.267 e. The van der Waals surface area contributed by atoms with E-state index < -0.39 is 6.10 Å². The topological polar surface area (TPSA) is 64.1 Å². The van der Waals surface area contributed by atoms with Crippen molar-refractivity contribution in [2.45, 2.75) is 37.6 Å². The van der Waals surface area contributed by atoms with E-state index in [1.165, 1.54) is 35.6 Å². The van der Waals surface area contributed by atoms with Crippen molar-refractivity contribution in [2.24, 2.45) is 5.92 Å². The van der Waals surface area contributed by atoms with Crippen LogP contribution in [0.15, 0.2) is 28.6 Å². The van der Waals surface area contributed by atoms with Crippen molar-refractivity contribution in [1.29, 1.82) is 0 Å². The minimum absolute atomic E-state index is 0.293. The number of hydrogen-bond acceptors (Lipinski definition) is 6. The Morgan fingerprint density at radius 3 is 2.67 bits per heavy atom. The third-order valence-corrected chi connectivity index (χ3v) is 5.33. The quantitative estimate of drug-likeness (QED) is 0.557. The Bertz CT molecular complexity index is 662. The van der Waals surface area contributed by atoms with Crippen LogP contribution >= 0.6 is 23.1 Å². The molecule has 1 aromatic heterocycles. The second kappa shape index (κ2) is 8.98. The molecule has 2 rings (SSSR count). The first-order valence-electron chi connectivity index (χ1n) is 7.67. The zero-order chi connectivity index (χ0) is 17.5. The molecule has 1 N–H and O–H groups in total. The fourth-order valence-corrected chi connectivity index (χ4v) is 3.47. The molecule has 1 amide bonds.